The number of amides is 2. The van der Waals surface area contributed by atoms with E-state index in [4.69, 9.17) is 5.11 Å². The van der Waals surface area contributed by atoms with Crippen molar-refractivity contribution in [1.82, 2.24) is 4.90 Å². The lowest BCUT2D eigenvalue weighted by molar-refractivity contribution is -0.137. The Morgan fingerprint density at radius 3 is 2.60 bits per heavy atom. The molecule has 2 rings (SSSR count). The molecule has 0 aliphatic carbocycles. The van der Waals surface area contributed by atoms with Crippen molar-refractivity contribution in [1.29, 1.82) is 0 Å². The van der Waals surface area contributed by atoms with E-state index in [-0.39, 0.29) is 13.0 Å². The minimum Gasteiger partial charge on any atom is -0.481 e. The Balaban J connectivity index is 2.00. The molecule has 1 aliphatic rings. The van der Waals surface area contributed by atoms with E-state index in [9.17, 15) is 14.4 Å². The number of nitrogens with zero attached hydrogens (tertiary/aromatic N) is 1. The summed E-state index contributed by atoms with van der Waals surface area (Å²) in [6.45, 7) is 1.86. The standard InChI is InChI=1S/C13H14N2O4S/c1-8-2-4-9(5-3-8)14-11-12(18)15(13(19)20-11)7-6-10(16)17/h2-5,11,14H,6-7H2,1H3,(H,16,17)/t11-/m0/s1. The van der Waals surface area contributed by atoms with Crippen LogP contribution in [0.3, 0.4) is 0 Å². The van der Waals surface area contributed by atoms with Crippen LogP contribution in [0.15, 0.2) is 24.3 Å². The summed E-state index contributed by atoms with van der Waals surface area (Å²) in [6.07, 6.45) is -0.241. The molecule has 2 amide bonds. The number of thioether (sulfide) groups is 1. The monoisotopic (exact) mass is 294 g/mol. The number of hydrogen-bond acceptors (Lipinski definition) is 5. The number of carboxylic acid groups (broad SMARTS) is 1. The van der Waals surface area contributed by atoms with Crippen molar-refractivity contribution in [2.75, 3.05) is 11.9 Å². The SMILES string of the molecule is Cc1ccc(N[C@H]2SC(=O)N(CCC(=O)O)C2=O)cc1. The number of benzene rings is 1. The molecule has 0 bridgehead atoms. The smallest absolute Gasteiger partial charge is 0.305 e. The first-order valence-corrected chi connectivity index (χ1v) is 6.92. The van der Waals surface area contributed by atoms with Crippen LogP contribution in [0.2, 0.25) is 0 Å². The van der Waals surface area contributed by atoms with Gasteiger partial charge in [0, 0.05) is 12.2 Å². The van der Waals surface area contributed by atoms with Gasteiger partial charge in [0.1, 0.15) is 0 Å². The lowest BCUT2D eigenvalue weighted by Gasteiger charge is -2.13. The van der Waals surface area contributed by atoms with Crippen molar-refractivity contribution in [2.24, 2.45) is 0 Å². The molecule has 1 saturated heterocycles. The molecule has 20 heavy (non-hydrogen) atoms. The predicted octanol–water partition coefficient (Wildman–Crippen LogP) is 1.90. The van der Waals surface area contributed by atoms with Gasteiger partial charge in [-0.05, 0) is 30.8 Å². The van der Waals surface area contributed by atoms with E-state index >= 15 is 0 Å². The number of carboxylic acids is 1. The Bertz CT molecular complexity index is 544. The van der Waals surface area contributed by atoms with Gasteiger partial charge >= 0.3 is 5.97 Å². The molecule has 1 aromatic rings. The highest BCUT2D eigenvalue weighted by atomic mass is 32.2. The van der Waals surface area contributed by atoms with Crippen LogP contribution >= 0.6 is 11.8 Å². The molecule has 2 N–H and O–H groups in total. The fourth-order valence-electron chi connectivity index (χ4n) is 1.75. The van der Waals surface area contributed by atoms with Gasteiger partial charge in [-0.3, -0.25) is 19.3 Å². The van der Waals surface area contributed by atoms with E-state index < -0.39 is 22.5 Å². The third-order valence-corrected chi connectivity index (χ3v) is 3.81. The Hall–Kier alpha value is -2.02. The number of nitrogens with one attached hydrogen (secondary N) is 1. The van der Waals surface area contributed by atoms with Gasteiger partial charge in [0.05, 0.1) is 6.42 Å². The van der Waals surface area contributed by atoms with Gasteiger partial charge in [-0.2, -0.15) is 0 Å². The third kappa shape index (κ3) is 3.30. The summed E-state index contributed by atoms with van der Waals surface area (Å²) in [7, 11) is 0. The maximum atomic E-state index is 12.0. The number of aryl methyl sites for hydroxylation is 1. The van der Waals surface area contributed by atoms with Crippen LogP contribution in [0.5, 0.6) is 0 Å². The molecule has 6 nitrogen and oxygen atoms in total. The van der Waals surface area contributed by atoms with E-state index in [1.54, 1.807) is 0 Å². The van der Waals surface area contributed by atoms with Crippen molar-refractivity contribution >= 4 is 34.6 Å². The molecule has 0 radical (unpaired) electrons. The maximum Gasteiger partial charge on any atom is 0.305 e. The molecule has 1 fully saturated rings. The summed E-state index contributed by atoms with van der Waals surface area (Å²) in [4.78, 5) is 35.2. The Labute approximate surface area is 120 Å². The van der Waals surface area contributed by atoms with Crippen LogP contribution in [0.1, 0.15) is 12.0 Å². The van der Waals surface area contributed by atoms with Gasteiger partial charge in [-0.25, -0.2) is 0 Å². The maximum absolute atomic E-state index is 12.0. The highest BCUT2D eigenvalue weighted by Gasteiger charge is 2.39. The van der Waals surface area contributed by atoms with Crippen LogP contribution in [-0.4, -0.2) is 39.0 Å². The zero-order valence-electron chi connectivity index (χ0n) is 10.8. The van der Waals surface area contributed by atoms with Gasteiger partial charge in [0.25, 0.3) is 11.1 Å². The second kappa shape index (κ2) is 5.96. The Morgan fingerprint density at radius 1 is 1.35 bits per heavy atom. The van der Waals surface area contributed by atoms with Gasteiger partial charge in [-0.15, -0.1) is 0 Å². The van der Waals surface area contributed by atoms with E-state index in [1.807, 2.05) is 31.2 Å². The fraction of sp³-hybridized carbons (Fsp3) is 0.308. The van der Waals surface area contributed by atoms with E-state index in [0.717, 1.165) is 27.9 Å². The minimum atomic E-state index is -1.04. The topological polar surface area (TPSA) is 86.7 Å². The molecule has 1 aromatic carbocycles. The molecular weight excluding hydrogens is 280 g/mol. The zero-order valence-corrected chi connectivity index (χ0v) is 11.6. The molecule has 0 unspecified atom stereocenters. The van der Waals surface area contributed by atoms with Gasteiger partial charge in [0.2, 0.25) is 0 Å². The molecule has 106 valence electrons. The normalized spacial score (nSPS) is 18.4. The number of imide groups is 1. The average Bonchev–Trinajstić information content (AvgIpc) is 2.65. The summed E-state index contributed by atoms with van der Waals surface area (Å²) in [6, 6.07) is 7.45. The molecular formula is C13H14N2O4S. The first-order chi connectivity index (χ1) is 9.47. The molecule has 1 atom stereocenters. The van der Waals surface area contributed by atoms with Crippen LogP contribution < -0.4 is 5.32 Å². The number of rotatable bonds is 5. The lowest BCUT2D eigenvalue weighted by atomic mass is 10.2. The first kappa shape index (κ1) is 14.4. The Kier molecular flexibility index (Phi) is 4.29. The summed E-state index contributed by atoms with van der Waals surface area (Å²) in [5.41, 5.74) is 1.84. The van der Waals surface area contributed by atoms with Crippen molar-refractivity contribution in [2.45, 2.75) is 18.7 Å². The second-order valence-electron chi connectivity index (χ2n) is 4.41. The summed E-state index contributed by atoms with van der Waals surface area (Å²) < 4.78 is 0. The summed E-state index contributed by atoms with van der Waals surface area (Å²) >= 11 is 0.866. The van der Waals surface area contributed by atoms with Crippen LogP contribution in [-0.2, 0) is 9.59 Å². The van der Waals surface area contributed by atoms with Gasteiger partial charge in [0.15, 0.2) is 5.37 Å². The van der Waals surface area contributed by atoms with E-state index in [1.165, 1.54) is 0 Å². The highest BCUT2D eigenvalue weighted by Crippen LogP contribution is 2.28. The van der Waals surface area contributed by atoms with Gasteiger partial charge < -0.3 is 10.4 Å². The van der Waals surface area contributed by atoms with E-state index in [2.05, 4.69) is 5.32 Å². The zero-order chi connectivity index (χ0) is 14.7. The van der Waals surface area contributed by atoms with Crippen molar-refractivity contribution in [3.63, 3.8) is 0 Å². The van der Waals surface area contributed by atoms with E-state index in [0.29, 0.717) is 0 Å². The predicted molar refractivity (Wildman–Crippen MR) is 75.5 cm³/mol. The molecule has 1 aliphatic heterocycles. The number of hydrogen-bond donors (Lipinski definition) is 2. The summed E-state index contributed by atoms with van der Waals surface area (Å²) in [5.74, 6) is -1.44. The fourth-order valence-corrected chi connectivity index (χ4v) is 2.68. The van der Waals surface area contributed by atoms with Crippen molar-refractivity contribution in [3.05, 3.63) is 29.8 Å². The second-order valence-corrected chi connectivity index (χ2v) is 5.46. The quantitative estimate of drug-likeness (QED) is 0.862. The van der Waals surface area contributed by atoms with Crippen LogP contribution in [0.25, 0.3) is 0 Å². The third-order valence-electron chi connectivity index (χ3n) is 2.83. The van der Waals surface area contributed by atoms with Crippen LogP contribution in [0, 0.1) is 6.92 Å². The molecule has 7 heteroatoms. The average molecular weight is 294 g/mol. The number of carbonyl (C=O) groups is 3. The first-order valence-electron chi connectivity index (χ1n) is 6.04. The number of aliphatic carboxylic acids is 1. The lowest BCUT2D eigenvalue weighted by Crippen LogP contribution is -2.35. The summed E-state index contributed by atoms with van der Waals surface area (Å²) in [5, 5.41) is 10.5. The molecule has 0 spiro atoms. The Morgan fingerprint density at radius 2 is 2.00 bits per heavy atom. The van der Waals surface area contributed by atoms with Crippen LogP contribution in [0.4, 0.5) is 10.5 Å². The number of anilines is 1. The van der Waals surface area contributed by atoms with Crippen molar-refractivity contribution < 1.29 is 19.5 Å². The molecule has 0 saturated carbocycles. The molecule has 0 aromatic heterocycles. The number of carbonyl (C=O) groups excluding carboxylic acids is 2. The minimum absolute atomic E-state index is 0.0912. The highest BCUT2D eigenvalue weighted by molar-refractivity contribution is 8.15. The van der Waals surface area contributed by atoms with Crippen molar-refractivity contribution in [3.8, 4) is 0 Å². The molecule has 1 heterocycles. The van der Waals surface area contributed by atoms with Gasteiger partial charge in [-0.1, -0.05) is 17.7 Å². The largest absolute Gasteiger partial charge is 0.481 e.